The first kappa shape index (κ1) is 17.6. The van der Waals surface area contributed by atoms with E-state index in [1.54, 1.807) is 6.07 Å². The first-order valence-corrected chi connectivity index (χ1v) is 9.36. The van der Waals surface area contributed by atoms with Crippen LogP contribution < -0.4 is 5.32 Å². The summed E-state index contributed by atoms with van der Waals surface area (Å²) < 4.78 is 13.1. The largest absolute Gasteiger partial charge is 0.356 e. The Morgan fingerprint density at radius 2 is 2.00 bits per heavy atom. The summed E-state index contributed by atoms with van der Waals surface area (Å²) in [7, 11) is 0. The highest BCUT2D eigenvalue weighted by atomic mass is 32.1. The van der Waals surface area contributed by atoms with Gasteiger partial charge in [-0.1, -0.05) is 18.2 Å². The highest BCUT2D eigenvalue weighted by molar-refractivity contribution is 7.12. The van der Waals surface area contributed by atoms with E-state index in [0.717, 1.165) is 10.4 Å². The second-order valence-electron chi connectivity index (χ2n) is 6.21. The topological polar surface area (TPSA) is 49.4 Å². The predicted molar refractivity (Wildman–Crippen MR) is 96.1 cm³/mol. The molecule has 2 amide bonds. The molecule has 6 heteroatoms. The number of nitrogens with zero attached hydrogens (tertiary/aromatic N) is 1. The van der Waals surface area contributed by atoms with Gasteiger partial charge in [-0.05, 0) is 48.4 Å². The van der Waals surface area contributed by atoms with E-state index in [4.69, 9.17) is 0 Å². The van der Waals surface area contributed by atoms with Gasteiger partial charge >= 0.3 is 0 Å². The molecule has 0 radical (unpaired) electrons. The summed E-state index contributed by atoms with van der Waals surface area (Å²) in [5, 5.41) is 4.82. The van der Waals surface area contributed by atoms with Crippen LogP contribution in [0.15, 0.2) is 41.8 Å². The van der Waals surface area contributed by atoms with Crippen LogP contribution in [-0.4, -0.2) is 36.3 Å². The first-order chi connectivity index (χ1) is 12.1. The summed E-state index contributed by atoms with van der Waals surface area (Å²) in [6.07, 6.45) is 1.98. The van der Waals surface area contributed by atoms with E-state index in [9.17, 15) is 14.0 Å². The van der Waals surface area contributed by atoms with Crippen molar-refractivity contribution in [2.45, 2.75) is 19.3 Å². The second-order valence-corrected chi connectivity index (χ2v) is 7.16. The summed E-state index contributed by atoms with van der Waals surface area (Å²) in [6.45, 7) is 1.72. The molecule has 1 fully saturated rings. The maximum Gasteiger partial charge on any atom is 0.263 e. The van der Waals surface area contributed by atoms with Crippen molar-refractivity contribution in [3.8, 4) is 0 Å². The molecule has 25 heavy (non-hydrogen) atoms. The lowest BCUT2D eigenvalue weighted by molar-refractivity contribution is -0.126. The van der Waals surface area contributed by atoms with Gasteiger partial charge in [0, 0.05) is 25.6 Å². The second kappa shape index (κ2) is 8.25. The zero-order valence-corrected chi connectivity index (χ0v) is 14.7. The van der Waals surface area contributed by atoms with Gasteiger partial charge in [0.25, 0.3) is 5.91 Å². The third kappa shape index (κ3) is 4.66. The fourth-order valence-electron chi connectivity index (χ4n) is 3.07. The average molecular weight is 360 g/mol. The standard InChI is InChI=1S/C19H21FN2O2S/c20-16-4-1-3-14(13-16)6-9-21-18(23)15-7-10-22(11-8-15)19(24)17-5-2-12-25-17/h1-5,12-13,15H,6-11H2,(H,21,23). The van der Waals surface area contributed by atoms with Gasteiger partial charge < -0.3 is 10.2 Å². The zero-order chi connectivity index (χ0) is 17.6. The van der Waals surface area contributed by atoms with E-state index in [1.807, 2.05) is 28.5 Å². The van der Waals surface area contributed by atoms with Crippen LogP contribution in [0.4, 0.5) is 4.39 Å². The average Bonchev–Trinajstić information content (AvgIpc) is 3.16. The number of thiophene rings is 1. The summed E-state index contributed by atoms with van der Waals surface area (Å²) in [5.41, 5.74) is 0.872. The summed E-state index contributed by atoms with van der Waals surface area (Å²) in [6, 6.07) is 10.1. The Morgan fingerprint density at radius 1 is 1.20 bits per heavy atom. The highest BCUT2D eigenvalue weighted by Crippen LogP contribution is 2.21. The molecular formula is C19H21FN2O2S. The van der Waals surface area contributed by atoms with Crippen LogP contribution in [0.1, 0.15) is 28.1 Å². The molecule has 0 spiro atoms. The molecule has 0 bridgehead atoms. The third-order valence-electron chi connectivity index (χ3n) is 4.49. The fraction of sp³-hybridized carbons (Fsp3) is 0.368. The Hall–Kier alpha value is -2.21. The van der Waals surface area contributed by atoms with E-state index >= 15 is 0 Å². The van der Waals surface area contributed by atoms with Crippen molar-refractivity contribution in [2.24, 2.45) is 5.92 Å². The van der Waals surface area contributed by atoms with Crippen LogP contribution in [0.5, 0.6) is 0 Å². The number of carbonyl (C=O) groups excluding carboxylic acids is 2. The van der Waals surface area contributed by atoms with Gasteiger partial charge in [-0.2, -0.15) is 0 Å². The maximum absolute atomic E-state index is 13.1. The minimum absolute atomic E-state index is 0.0274. The van der Waals surface area contributed by atoms with Crippen molar-refractivity contribution in [1.29, 1.82) is 0 Å². The smallest absolute Gasteiger partial charge is 0.263 e. The van der Waals surface area contributed by atoms with Crippen molar-refractivity contribution in [2.75, 3.05) is 19.6 Å². The Morgan fingerprint density at radius 3 is 2.68 bits per heavy atom. The molecule has 0 aliphatic carbocycles. The monoisotopic (exact) mass is 360 g/mol. The number of amides is 2. The highest BCUT2D eigenvalue weighted by Gasteiger charge is 2.27. The minimum atomic E-state index is -0.258. The normalized spacial score (nSPS) is 15.2. The van der Waals surface area contributed by atoms with Crippen molar-refractivity contribution >= 4 is 23.2 Å². The number of hydrogen-bond donors (Lipinski definition) is 1. The predicted octanol–water partition coefficient (Wildman–Crippen LogP) is 3.10. The van der Waals surface area contributed by atoms with Gasteiger partial charge in [-0.25, -0.2) is 4.39 Å². The lowest BCUT2D eigenvalue weighted by Crippen LogP contribution is -2.43. The van der Waals surface area contributed by atoms with Gasteiger partial charge in [0.2, 0.25) is 5.91 Å². The molecule has 0 saturated carbocycles. The number of rotatable bonds is 5. The van der Waals surface area contributed by atoms with Crippen LogP contribution in [0.25, 0.3) is 0 Å². The van der Waals surface area contributed by atoms with Crippen molar-refractivity contribution in [3.05, 3.63) is 58.0 Å². The molecule has 2 aromatic rings. The van der Waals surface area contributed by atoms with E-state index in [0.29, 0.717) is 38.9 Å². The molecular weight excluding hydrogens is 339 g/mol. The summed E-state index contributed by atoms with van der Waals surface area (Å²) in [4.78, 5) is 27.1. The molecule has 1 N–H and O–H groups in total. The van der Waals surface area contributed by atoms with Crippen molar-refractivity contribution in [3.63, 3.8) is 0 Å². The number of hydrogen-bond acceptors (Lipinski definition) is 3. The van der Waals surface area contributed by atoms with Crippen LogP contribution in [0.2, 0.25) is 0 Å². The molecule has 1 aliphatic heterocycles. The van der Waals surface area contributed by atoms with Gasteiger partial charge in [0.15, 0.2) is 0 Å². The summed E-state index contributed by atoms with van der Waals surface area (Å²) in [5.74, 6) is -0.230. The molecule has 0 atom stereocenters. The maximum atomic E-state index is 13.1. The third-order valence-corrected chi connectivity index (χ3v) is 5.34. The lowest BCUT2D eigenvalue weighted by atomic mass is 9.95. The van der Waals surface area contributed by atoms with Gasteiger partial charge in [-0.15, -0.1) is 11.3 Å². The van der Waals surface area contributed by atoms with E-state index in [-0.39, 0.29) is 23.5 Å². The van der Waals surface area contributed by atoms with Crippen LogP contribution in [0.3, 0.4) is 0 Å². The van der Waals surface area contributed by atoms with Gasteiger partial charge in [0.1, 0.15) is 5.82 Å². The van der Waals surface area contributed by atoms with Crippen LogP contribution >= 0.6 is 11.3 Å². The quantitative estimate of drug-likeness (QED) is 0.891. The number of carbonyl (C=O) groups is 2. The molecule has 3 rings (SSSR count). The van der Waals surface area contributed by atoms with E-state index in [1.165, 1.54) is 23.5 Å². The van der Waals surface area contributed by atoms with Crippen molar-refractivity contribution < 1.29 is 14.0 Å². The number of piperidine rings is 1. The Balaban J connectivity index is 1.41. The number of halogens is 1. The molecule has 0 unspecified atom stereocenters. The molecule has 2 heterocycles. The van der Waals surface area contributed by atoms with Crippen molar-refractivity contribution in [1.82, 2.24) is 10.2 Å². The molecule has 132 valence electrons. The SMILES string of the molecule is O=C(NCCc1cccc(F)c1)C1CCN(C(=O)c2cccs2)CC1. The molecule has 1 aliphatic rings. The molecule has 4 nitrogen and oxygen atoms in total. The summed E-state index contributed by atoms with van der Waals surface area (Å²) >= 11 is 1.44. The molecule has 1 aromatic carbocycles. The lowest BCUT2D eigenvalue weighted by Gasteiger charge is -2.31. The van der Waals surface area contributed by atoms with Gasteiger partial charge in [0.05, 0.1) is 4.88 Å². The van der Waals surface area contributed by atoms with Crippen LogP contribution in [-0.2, 0) is 11.2 Å². The zero-order valence-electron chi connectivity index (χ0n) is 13.9. The van der Waals surface area contributed by atoms with E-state index in [2.05, 4.69) is 5.32 Å². The Bertz CT molecular complexity index is 725. The fourth-order valence-corrected chi connectivity index (χ4v) is 3.76. The number of nitrogens with one attached hydrogen (secondary N) is 1. The number of benzene rings is 1. The molecule has 1 aromatic heterocycles. The van der Waals surface area contributed by atoms with E-state index < -0.39 is 0 Å². The van der Waals surface area contributed by atoms with Crippen LogP contribution in [0, 0.1) is 11.7 Å². The Labute approximate surface area is 150 Å². The first-order valence-electron chi connectivity index (χ1n) is 8.48. The minimum Gasteiger partial charge on any atom is -0.356 e. The Kier molecular flexibility index (Phi) is 5.81. The number of likely N-dealkylation sites (tertiary alicyclic amines) is 1. The van der Waals surface area contributed by atoms with Gasteiger partial charge in [-0.3, -0.25) is 9.59 Å². The molecule has 1 saturated heterocycles.